The summed E-state index contributed by atoms with van der Waals surface area (Å²) in [5.41, 5.74) is 0. The highest BCUT2D eigenvalue weighted by molar-refractivity contribution is 9.10. The van der Waals surface area contributed by atoms with Crippen molar-refractivity contribution in [1.82, 2.24) is 0 Å². The number of nitrogens with two attached hydrogens (primary N) is 1. The van der Waals surface area contributed by atoms with Crippen LogP contribution in [-0.2, 0) is 0 Å². The SMILES string of the molecule is NSc1cc(Br)cs1. The molecule has 0 aliphatic heterocycles. The molecule has 0 spiro atoms. The zero-order valence-electron chi connectivity index (χ0n) is 3.93. The molecule has 0 saturated heterocycles. The summed E-state index contributed by atoms with van der Waals surface area (Å²) in [6, 6.07) is 2.00. The van der Waals surface area contributed by atoms with Gasteiger partial charge in [-0.3, -0.25) is 5.14 Å². The number of hydrogen-bond donors (Lipinski definition) is 1. The predicted molar refractivity (Wildman–Crippen MR) is 42.1 cm³/mol. The van der Waals surface area contributed by atoms with Gasteiger partial charge in [0.25, 0.3) is 0 Å². The van der Waals surface area contributed by atoms with Crippen LogP contribution in [0.2, 0.25) is 0 Å². The minimum Gasteiger partial charge on any atom is -0.273 e. The van der Waals surface area contributed by atoms with Gasteiger partial charge >= 0.3 is 0 Å². The first-order chi connectivity index (χ1) is 3.83. The van der Waals surface area contributed by atoms with Crippen LogP contribution >= 0.6 is 39.2 Å². The lowest BCUT2D eigenvalue weighted by molar-refractivity contribution is 1.68. The van der Waals surface area contributed by atoms with E-state index >= 15 is 0 Å². The van der Waals surface area contributed by atoms with Crippen LogP contribution in [0.15, 0.2) is 20.1 Å². The molecule has 0 saturated carbocycles. The Morgan fingerprint density at radius 3 is 2.75 bits per heavy atom. The van der Waals surface area contributed by atoms with Gasteiger partial charge in [0, 0.05) is 9.85 Å². The molecule has 1 nitrogen and oxygen atoms in total. The summed E-state index contributed by atoms with van der Waals surface area (Å²) in [5.74, 6) is 0. The van der Waals surface area contributed by atoms with Crippen LogP contribution in [0.3, 0.4) is 0 Å². The van der Waals surface area contributed by atoms with Crippen molar-refractivity contribution < 1.29 is 0 Å². The third kappa shape index (κ3) is 1.48. The molecule has 0 amide bonds. The van der Waals surface area contributed by atoms with Crippen molar-refractivity contribution in [2.45, 2.75) is 4.21 Å². The third-order valence-electron chi connectivity index (χ3n) is 0.660. The van der Waals surface area contributed by atoms with Gasteiger partial charge in [-0.1, -0.05) is 0 Å². The summed E-state index contributed by atoms with van der Waals surface area (Å²) in [5, 5.41) is 7.28. The van der Waals surface area contributed by atoms with Crippen molar-refractivity contribution in [3.8, 4) is 0 Å². The molecular weight excluding hydrogens is 206 g/mol. The highest BCUT2D eigenvalue weighted by Crippen LogP contribution is 2.25. The highest BCUT2D eigenvalue weighted by Gasteiger charge is 1.92. The summed E-state index contributed by atoms with van der Waals surface area (Å²) >= 11 is 6.23. The van der Waals surface area contributed by atoms with Crippen molar-refractivity contribution >= 4 is 39.2 Å². The Kier molecular flexibility index (Phi) is 2.37. The number of thiophene rings is 1. The van der Waals surface area contributed by atoms with Crippen molar-refractivity contribution in [1.29, 1.82) is 0 Å². The molecule has 8 heavy (non-hydrogen) atoms. The van der Waals surface area contributed by atoms with E-state index in [4.69, 9.17) is 5.14 Å². The molecule has 44 valence electrons. The quantitative estimate of drug-likeness (QED) is 0.720. The smallest absolute Gasteiger partial charge is 0.0760 e. The molecule has 2 N–H and O–H groups in total. The fourth-order valence-corrected chi connectivity index (χ4v) is 2.22. The van der Waals surface area contributed by atoms with Crippen molar-refractivity contribution in [3.05, 3.63) is 15.9 Å². The monoisotopic (exact) mass is 209 g/mol. The molecule has 1 heterocycles. The lowest BCUT2D eigenvalue weighted by Crippen LogP contribution is -1.70. The second-order valence-corrected chi connectivity index (χ2v) is 3.96. The Hall–Kier alpha value is 0.490. The van der Waals surface area contributed by atoms with Gasteiger partial charge < -0.3 is 0 Å². The van der Waals surface area contributed by atoms with Crippen LogP contribution in [0, 0.1) is 0 Å². The first-order valence-corrected chi connectivity index (χ1v) is 4.49. The van der Waals surface area contributed by atoms with E-state index in [9.17, 15) is 0 Å². The summed E-state index contributed by atoms with van der Waals surface area (Å²) in [4.78, 5) is 0. The molecule has 1 rings (SSSR count). The van der Waals surface area contributed by atoms with E-state index in [2.05, 4.69) is 15.9 Å². The molecule has 0 atom stereocenters. The molecule has 0 bridgehead atoms. The van der Waals surface area contributed by atoms with Gasteiger partial charge in [-0.2, -0.15) is 0 Å². The van der Waals surface area contributed by atoms with Gasteiger partial charge in [-0.15, -0.1) is 11.3 Å². The van der Waals surface area contributed by atoms with Crippen LogP contribution in [0.1, 0.15) is 0 Å². The standard InChI is InChI=1S/C4H4BrNS2/c5-3-1-4(8-6)7-2-3/h1-2H,6H2. The molecule has 1 aromatic heterocycles. The van der Waals surface area contributed by atoms with Crippen LogP contribution in [0.4, 0.5) is 0 Å². The summed E-state index contributed by atoms with van der Waals surface area (Å²) in [6.45, 7) is 0. The largest absolute Gasteiger partial charge is 0.273 e. The molecule has 1 aromatic rings. The maximum Gasteiger partial charge on any atom is 0.0760 e. The molecule has 0 fully saturated rings. The second kappa shape index (κ2) is 2.87. The summed E-state index contributed by atoms with van der Waals surface area (Å²) in [7, 11) is 0. The van der Waals surface area contributed by atoms with Crippen LogP contribution in [0.5, 0.6) is 0 Å². The van der Waals surface area contributed by atoms with E-state index in [0.717, 1.165) is 8.68 Å². The summed E-state index contributed by atoms with van der Waals surface area (Å²) in [6.07, 6.45) is 0. The van der Waals surface area contributed by atoms with E-state index in [1.807, 2.05) is 11.4 Å². The zero-order valence-corrected chi connectivity index (χ0v) is 7.15. The zero-order chi connectivity index (χ0) is 5.98. The van der Waals surface area contributed by atoms with Gasteiger partial charge in [0.1, 0.15) is 0 Å². The van der Waals surface area contributed by atoms with E-state index in [1.165, 1.54) is 11.9 Å². The topological polar surface area (TPSA) is 26.0 Å². The van der Waals surface area contributed by atoms with E-state index < -0.39 is 0 Å². The Bertz CT molecular complexity index is 174. The second-order valence-electron chi connectivity index (χ2n) is 1.20. The Labute approximate surface area is 64.5 Å². The van der Waals surface area contributed by atoms with Crippen molar-refractivity contribution in [2.75, 3.05) is 0 Å². The lowest BCUT2D eigenvalue weighted by Gasteiger charge is -1.79. The number of rotatable bonds is 1. The Balaban J connectivity index is 2.84. The van der Waals surface area contributed by atoms with Crippen LogP contribution < -0.4 is 5.14 Å². The van der Waals surface area contributed by atoms with Gasteiger partial charge in [-0.05, 0) is 33.9 Å². The third-order valence-corrected chi connectivity index (χ3v) is 3.07. The highest BCUT2D eigenvalue weighted by atomic mass is 79.9. The fraction of sp³-hybridized carbons (Fsp3) is 0. The predicted octanol–water partition coefficient (Wildman–Crippen LogP) is 2.48. The first-order valence-electron chi connectivity index (χ1n) is 1.93. The van der Waals surface area contributed by atoms with E-state index in [0.29, 0.717) is 0 Å². The lowest BCUT2D eigenvalue weighted by atomic mass is 10.7. The molecule has 4 heteroatoms. The van der Waals surface area contributed by atoms with E-state index in [-0.39, 0.29) is 0 Å². The van der Waals surface area contributed by atoms with Crippen LogP contribution in [-0.4, -0.2) is 0 Å². The molecule has 0 unspecified atom stereocenters. The Morgan fingerprint density at radius 2 is 2.50 bits per heavy atom. The number of halogens is 1. The van der Waals surface area contributed by atoms with Crippen LogP contribution in [0.25, 0.3) is 0 Å². The molecule has 0 aromatic carbocycles. The van der Waals surface area contributed by atoms with Crippen molar-refractivity contribution in [3.63, 3.8) is 0 Å². The minimum atomic E-state index is 1.11. The molecule has 0 radical (unpaired) electrons. The first kappa shape index (κ1) is 6.61. The fourth-order valence-electron chi connectivity index (χ4n) is 0.357. The van der Waals surface area contributed by atoms with E-state index in [1.54, 1.807) is 11.3 Å². The average Bonchev–Trinajstić information content (AvgIpc) is 2.14. The molecule has 0 aliphatic carbocycles. The van der Waals surface area contributed by atoms with Gasteiger partial charge in [0.2, 0.25) is 0 Å². The summed E-state index contributed by atoms with van der Waals surface area (Å²) < 4.78 is 2.24. The van der Waals surface area contributed by atoms with Gasteiger partial charge in [0.05, 0.1) is 4.21 Å². The molecule has 0 aliphatic rings. The normalized spacial score (nSPS) is 9.75. The Morgan fingerprint density at radius 1 is 1.75 bits per heavy atom. The van der Waals surface area contributed by atoms with Gasteiger partial charge in [-0.25, -0.2) is 0 Å². The number of hydrogen-bond acceptors (Lipinski definition) is 3. The van der Waals surface area contributed by atoms with Crippen molar-refractivity contribution in [2.24, 2.45) is 5.14 Å². The van der Waals surface area contributed by atoms with Gasteiger partial charge in [0.15, 0.2) is 0 Å². The maximum atomic E-state index is 5.27. The average molecular weight is 210 g/mol. The molecular formula is C4H4BrNS2. The maximum absolute atomic E-state index is 5.27. The minimum absolute atomic E-state index is 1.11.